The molecule has 2 aromatic carbocycles. The van der Waals surface area contributed by atoms with Crippen LogP contribution in [0, 0.1) is 11.3 Å². The van der Waals surface area contributed by atoms with Crippen molar-refractivity contribution in [3.63, 3.8) is 0 Å². The molecule has 9 heteroatoms. The highest BCUT2D eigenvalue weighted by Gasteiger charge is 2.36. The van der Waals surface area contributed by atoms with Gasteiger partial charge in [-0.15, -0.1) is 12.4 Å². The molecular weight excluding hydrogens is 437 g/mol. The van der Waals surface area contributed by atoms with Gasteiger partial charge in [0.25, 0.3) is 0 Å². The number of carbonyl (C=O) groups excluding carboxylic acids is 1. The number of nitriles is 1. The van der Waals surface area contributed by atoms with Gasteiger partial charge in [0.1, 0.15) is 12.1 Å². The van der Waals surface area contributed by atoms with Gasteiger partial charge < -0.3 is 19.9 Å². The minimum absolute atomic E-state index is 0. The van der Waals surface area contributed by atoms with Gasteiger partial charge in [0.15, 0.2) is 0 Å². The van der Waals surface area contributed by atoms with Gasteiger partial charge in [0.2, 0.25) is 5.91 Å². The van der Waals surface area contributed by atoms with Crippen molar-refractivity contribution in [3.8, 4) is 6.07 Å². The van der Waals surface area contributed by atoms with Gasteiger partial charge in [-0.05, 0) is 35.9 Å². The van der Waals surface area contributed by atoms with Crippen molar-refractivity contribution in [2.45, 2.75) is 18.7 Å². The van der Waals surface area contributed by atoms with Crippen LogP contribution in [0.5, 0.6) is 0 Å². The van der Waals surface area contributed by atoms with Crippen LogP contribution in [0.25, 0.3) is 0 Å². The number of hydrogen-bond acceptors (Lipinski definition) is 5. The molecule has 1 fully saturated rings. The number of carbonyl (C=O) groups is 1. The summed E-state index contributed by atoms with van der Waals surface area (Å²) in [5.74, 6) is -0.220. The van der Waals surface area contributed by atoms with Gasteiger partial charge in [-0.1, -0.05) is 29.8 Å². The van der Waals surface area contributed by atoms with Crippen molar-refractivity contribution >= 4 is 35.6 Å². The highest BCUT2D eigenvalue weighted by atomic mass is 35.5. The van der Waals surface area contributed by atoms with E-state index < -0.39 is 12.1 Å². The number of aliphatic hydroxyl groups is 1. The summed E-state index contributed by atoms with van der Waals surface area (Å²) >= 11 is 6.08. The zero-order valence-electron chi connectivity index (χ0n) is 16.5. The molecule has 0 radical (unpaired) electrons. The molecule has 2 N–H and O–H groups in total. The molecule has 1 saturated heterocycles. The topological polar surface area (TPSA) is 94.2 Å². The first-order valence-electron chi connectivity index (χ1n) is 9.54. The van der Waals surface area contributed by atoms with Gasteiger partial charge in [-0.25, -0.2) is 4.98 Å². The lowest BCUT2D eigenvalue weighted by molar-refractivity contribution is -0.124. The number of aromatic nitrogens is 2. The molecule has 1 aliphatic heterocycles. The van der Waals surface area contributed by atoms with Gasteiger partial charge in [0, 0.05) is 30.3 Å². The third kappa shape index (κ3) is 4.89. The van der Waals surface area contributed by atoms with Crippen LogP contribution in [0.1, 0.15) is 22.9 Å². The molecule has 0 aliphatic carbocycles. The van der Waals surface area contributed by atoms with Crippen molar-refractivity contribution in [3.05, 3.63) is 82.9 Å². The number of piperazine rings is 1. The molecule has 31 heavy (non-hydrogen) atoms. The van der Waals surface area contributed by atoms with Crippen molar-refractivity contribution in [1.29, 1.82) is 5.26 Å². The van der Waals surface area contributed by atoms with Crippen LogP contribution in [0.3, 0.4) is 0 Å². The van der Waals surface area contributed by atoms with Gasteiger partial charge in [-0.2, -0.15) is 5.26 Å². The van der Waals surface area contributed by atoms with E-state index in [1.165, 1.54) is 0 Å². The Morgan fingerprint density at radius 2 is 2.06 bits per heavy atom. The maximum absolute atomic E-state index is 13.1. The van der Waals surface area contributed by atoms with E-state index in [0.717, 1.165) is 5.56 Å². The number of nitrogens with zero attached hydrogens (tertiary/aromatic N) is 4. The molecule has 1 aromatic heterocycles. The molecule has 1 aliphatic rings. The fraction of sp³-hybridized carbons (Fsp3) is 0.227. The van der Waals surface area contributed by atoms with E-state index in [4.69, 9.17) is 16.9 Å². The van der Waals surface area contributed by atoms with E-state index in [2.05, 4.69) is 16.4 Å². The SMILES string of the molecule is Cl.N#Cc1ccc(Cn2cncc2C(O)C2NCCN(c3cccc(Cl)c3)C2=O)cc1. The van der Waals surface area contributed by atoms with Crippen LogP contribution >= 0.6 is 24.0 Å². The van der Waals surface area contributed by atoms with Crippen molar-refractivity contribution < 1.29 is 9.90 Å². The first-order valence-corrected chi connectivity index (χ1v) is 9.92. The normalized spacial score (nSPS) is 17.0. The van der Waals surface area contributed by atoms with Gasteiger partial charge >= 0.3 is 0 Å². The van der Waals surface area contributed by atoms with Crippen LogP contribution in [0.2, 0.25) is 5.02 Å². The summed E-state index contributed by atoms with van der Waals surface area (Å²) in [5.41, 5.74) is 2.79. The standard InChI is InChI=1S/C22H20ClN5O2.ClH/c23-17-2-1-3-18(10-17)28-9-8-26-20(22(28)30)21(29)19-12-25-14-27(19)13-16-6-4-15(11-24)5-7-16;/h1-7,10,12,14,20-21,26,29H,8-9,13H2;1H. The second kappa shape index (κ2) is 9.94. The first kappa shape index (κ1) is 22.8. The van der Waals surface area contributed by atoms with Crippen LogP contribution in [-0.2, 0) is 11.3 Å². The number of halogens is 2. The number of imidazole rings is 1. The predicted octanol–water partition coefficient (Wildman–Crippen LogP) is 2.92. The minimum atomic E-state index is -1.07. The van der Waals surface area contributed by atoms with Crippen molar-refractivity contribution in [2.24, 2.45) is 0 Å². The summed E-state index contributed by atoms with van der Waals surface area (Å²) < 4.78 is 1.80. The molecule has 3 aromatic rings. The number of anilines is 1. The number of benzene rings is 2. The number of aliphatic hydroxyl groups excluding tert-OH is 1. The Bertz CT molecular complexity index is 1090. The molecule has 2 unspecified atom stereocenters. The fourth-order valence-corrected chi connectivity index (χ4v) is 3.79. The molecule has 0 spiro atoms. The summed E-state index contributed by atoms with van der Waals surface area (Å²) in [4.78, 5) is 18.9. The van der Waals surface area contributed by atoms with Crippen LogP contribution in [-0.4, -0.2) is 39.7 Å². The Balaban J connectivity index is 0.00000272. The average molecular weight is 458 g/mol. The lowest BCUT2D eigenvalue weighted by Crippen LogP contribution is -2.57. The van der Waals surface area contributed by atoms with Crippen LogP contribution in [0.4, 0.5) is 5.69 Å². The highest BCUT2D eigenvalue weighted by Crippen LogP contribution is 2.26. The summed E-state index contributed by atoms with van der Waals surface area (Å²) in [6.45, 7) is 1.51. The first-order chi connectivity index (χ1) is 14.6. The van der Waals surface area contributed by atoms with Gasteiger partial charge in [0.05, 0.1) is 29.9 Å². The number of rotatable bonds is 5. The Hall–Kier alpha value is -2.89. The van der Waals surface area contributed by atoms with E-state index in [-0.39, 0.29) is 18.3 Å². The monoisotopic (exact) mass is 457 g/mol. The van der Waals surface area contributed by atoms with E-state index in [9.17, 15) is 9.90 Å². The molecule has 7 nitrogen and oxygen atoms in total. The lowest BCUT2D eigenvalue weighted by Gasteiger charge is -2.35. The average Bonchev–Trinajstić information content (AvgIpc) is 3.22. The minimum Gasteiger partial charge on any atom is -0.385 e. The fourth-order valence-electron chi connectivity index (χ4n) is 3.61. The maximum Gasteiger partial charge on any atom is 0.247 e. The molecular formula is C22H21Cl2N5O2. The molecule has 4 rings (SSSR count). The highest BCUT2D eigenvalue weighted by molar-refractivity contribution is 6.30. The third-order valence-electron chi connectivity index (χ3n) is 5.15. The Labute approximate surface area is 191 Å². The Kier molecular flexibility index (Phi) is 7.31. The smallest absolute Gasteiger partial charge is 0.247 e. The summed E-state index contributed by atoms with van der Waals surface area (Å²) in [7, 11) is 0. The number of nitrogens with one attached hydrogen (secondary N) is 1. The molecule has 1 amide bonds. The van der Waals surface area contributed by atoms with Crippen LogP contribution in [0.15, 0.2) is 61.1 Å². The zero-order valence-corrected chi connectivity index (χ0v) is 18.1. The zero-order chi connectivity index (χ0) is 21.1. The molecule has 0 bridgehead atoms. The number of amides is 1. The van der Waals surface area contributed by atoms with E-state index in [0.29, 0.717) is 41.6 Å². The second-order valence-electron chi connectivity index (χ2n) is 7.10. The van der Waals surface area contributed by atoms with Crippen molar-refractivity contribution in [1.82, 2.24) is 14.9 Å². The summed E-state index contributed by atoms with van der Waals surface area (Å²) in [6.07, 6.45) is 2.13. The molecule has 160 valence electrons. The van der Waals surface area contributed by atoms with Crippen LogP contribution < -0.4 is 10.2 Å². The quantitative estimate of drug-likeness (QED) is 0.613. The third-order valence-corrected chi connectivity index (χ3v) is 5.39. The summed E-state index contributed by atoms with van der Waals surface area (Å²) in [6, 6.07) is 15.6. The summed E-state index contributed by atoms with van der Waals surface area (Å²) in [5, 5.41) is 23.6. The molecule has 0 saturated carbocycles. The lowest BCUT2D eigenvalue weighted by atomic mass is 10.0. The van der Waals surface area contributed by atoms with E-state index in [1.54, 1.807) is 52.3 Å². The maximum atomic E-state index is 13.1. The predicted molar refractivity (Wildman–Crippen MR) is 120 cm³/mol. The van der Waals surface area contributed by atoms with Crippen molar-refractivity contribution in [2.75, 3.05) is 18.0 Å². The second-order valence-corrected chi connectivity index (χ2v) is 7.54. The molecule has 2 atom stereocenters. The number of hydrogen-bond donors (Lipinski definition) is 2. The largest absolute Gasteiger partial charge is 0.385 e. The Morgan fingerprint density at radius 3 is 2.77 bits per heavy atom. The van der Waals surface area contributed by atoms with E-state index >= 15 is 0 Å². The van der Waals surface area contributed by atoms with Gasteiger partial charge in [-0.3, -0.25) is 4.79 Å². The van der Waals surface area contributed by atoms with E-state index in [1.807, 2.05) is 18.2 Å². The Morgan fingerprint density at radius 1 is 1.29 bits per heavy atom. The molecule has 2 heterocycles.